The molecule has 0 saturated heterocycles. The highest BCUT2D eigenvalue weighted by Gasteiger charge is 2.01. The minimum atomic E-state index is 0.613. The highest BCUT2D eigenvalue weighted by atomic mass is 15.3. The molecule has 25 heavy (non-hydrogen) atoms. The number of rotatable bonds is 6. The number of fused-ring (bicyclic) bond motifs is 1. The zero-order valence-electron chi connectivity index (χ0n) is 14.9. The van der Waals surface area contributed by atoms with Crippen molar-refractivity contribution in [2.75, 3.05) is 13.1 Å². The Morgan fingerprint density at radius 3 is 2.68 bits per heavy atom. The number of nitrogens with zero attached hydrogens (tertiary/aromatic N) is 3. The molecule has 0 aliphatic carbocycles. The fourth-order valence-electron chi connectivity index (χ4n) is 2.78. The van der Waals surface area contributed by atoms with Gasteiger partial charge in [-0.3, -0.25) is 4.68 Å². The fourth-order valence-corrected chi connectivity index (χ4v) is 2.78. The standard InChI is InChI=1S/C20H25N5/c1-3-21-20(23-15-19-11-13-24-25(19)2)22-12-10-16-8-9-17-6-4-5-7-18(17)14-16/h4-9,11,13-14H,3,10,12,15H2,1-2H3,(H2,21,22,23). The zero-order chi connectivity index (χ0) is 17.5. The summed E-state index contributed by atoms with van der Waals surface area (Å²) in [6.07, 6.45) is 2.76. The van der Waals surface area contributed by atoms with Gasteiger partial charge >= 0.3 is 0 Å². The molecule has 5 nitrogen and oxygen atoms in total. The number of aromatic nitrogens is 2. The number of nitrogens with one attached hydrogen (secondary N) is 2. The summed E-state index contributed by atoms with van der Waals surface area (Å²) in [6, 6.07) is 17.1. The van der Waals surface area contributed by atoms with Crippen LogP contribution in [0.3, 0.4) is 0 Å². The molecule has 0 aliphatic rings. The number of hydrogen-bond acceptors (Lipinski definition) is 2. The van der Waals surface area contributed by atoms with Gasteiger partial charge in [-0.25, -0.2) is 4.99 Å². The van der Waals surface area contributed by atoms with Gasteiger partial charge in [0.1, 0.15) is 0 Å². The van der Waals surface area contributed by atoms with E-state index in [0.29, 0.717) is 6.54 Å². The molecule has 1 aromatic heterocycles. The number of guanidine groups is 1. The predicted molar refractivity (Wildman–Crippen MR) is 104 cm³/mol. The van der Waals surface area contributed by atoms with Gasteiger partial charge < -0.3 is 10.6 Å². The van der Waals surface area contributed by atoms with Gasteiger partial charge in [0.05, 0.1) is 12.2 Å². The quantitative estimate of drug-likeness (QED) is 0.538. The monoisotopic (exact) mass is 335 g/mol. The van der Waals surface area contributed by atoms with Crippen molar-refractivity contribution in [3.05, 3.63) is 66.0 Å². The molecular weight excluding hydrogens is 310 g/mol. The molecule has 3 aromatic rings. The molecule has 0 spiro atoms. The third kappa shape index (κ3) is 4.59. The lowest BCUT2D eigenvalue weighted by Crippen LogP contribution is -2.38. The summed E-state index contributed by atoms with van der Waals surface area (Å²) in [5, 5.41) is 13.4. The van der Waals surface area contributed by atoms with E-state index in [1.807, 2.05) is 17.8 Å². The van der Waals surface area contributed by atoms with Crippen molar-refractivity contribution < 1.29 is 0 Å². The molecule has 0 aliphatic heterocycles. The van der Waals surface area contributed by atoms with E-state index < -0.39 is 0 Å². The SMILES string of the molecule is CCNC(=NCc1ccnn1C)NCCc1ccc2ccccc2c1. The van der Waals surface area contributed by atoms with Gasteiger partial charge in [0, 0.05) is 26.3 Å². The fraction of sp³-hybridized carbons (Fsp3) is 0.300. The van der Waals surface area contributed by atoms with Gasteiger partial charge in [-0.2, -0.15) is 5.10 Å². The lowest BCUT2D eigenvalue weighted by Gasteiger charge is -2.11. The summed E-state index contributed by atoms with van der Waals surface area (Å²) >= 11 is 0. The molecule has 0 saturated carbocycles. The smallest absolute Gasteiger partial charge is 0.191 e. The maximum absolute atomic E-state index is 4.63. The Hall–Kier alpha value is -2.82. The van der Waals surface area contributed by atoms with E-state index in [2.05, 4.69) is 70.1 Å². The normalized spacial score (nSPS) is 11.7. The summed E-state index contributed by atoms with van der Waals surface area (Å²) in [7, 11) is 1.94. The first-order valence-corrected chi connectivity index (χ1v) is 8.73. The van der Waals surface area contributed by atoms with Crippen molar-refractivity contribution in [2.45, 2.75) is 19.9 Å². The summed E-state index contributed by atoms with van der Waals surface area (Å²) in [4.78, 5) is 4.63. The highest BCUT2D eigenvalue weighted by Crippen LogP contribution is 2.15. The van der Waals surface area contributed by atoms with Crippen molar-refractivity contribution >= 4 is 16.7 Å². The average Bonchev–Trinajstić information content (AvgIpc) is 3.04. The van der Waals surface area contributed by atoms with Crippen LogP contribution < -0.4 is 10.6 Å². The second-order valence-electron chi connectivity index (χ2n) is 6.00. The van der Waals surface area contributed by atoms with Gasteiger partial charge in [0.25, 0.3) is 0 Å². The molecule has 0 atom stereocenters. The summed E-state index contributed by atoms with van der Waals surface area (Å²) < 4.78 is 1.85. The molecule has 5 heteroatoms. The van der Waals surface area contributed by atoms with Crippen LogP contribution in [0.15, 0.2) is 59.7 Å². The van der Waals surface area contributed by atoms with E-state index in [1.165, 1.54) is 16.3 Å². The first kappa shape index (κ1) is 17.0. The topological polar surface area (TPSA) is 54.2 Å². The van der Waals surface area contributed by atoms with Crippen LogP contribution in [0.2, 0.25) is 0 Å². The van der Waals surface area contributed by atoms with E-state index in [0.717, 1.165) is 31.2 Å². The highest BCUT2D eigenvalue weighted by molar-refractivity contribution is 5.83. The molecular formula is C20H25N5. The average molecular weight is 335 g/mol. The van der Waals surface area contributed by atoms with Crippen LogP contribution in [0.5, 0.6) is 0 Å². The second-order valence-corrected chi connectivity index (χ2v) is 6.00. The Kier molecular flexibility index (Phi) is 5.67. The van der Waals surface area contributed by atoms with Gasteiger partial charge in [0.2, 0.25) is 0 Å². The summed E-state index contributed by atoms with van der Waals surface area (Å²) in [5.41, 5.74) is 2.42. The van der Waals surface area contributed by atoms with Crippen LogP contribution in [0.25, 0.3) is 10.8 Å². The molecule has 0 radical (unpaired) electrons. The Labute approximate surface area is 148 Å². The van der Waals surface area contributed by atoms with Crippen molar-refractivity contribution in [2.24, 2.45) is 12.0 Å². The Bertz CT molecular complexity index is 850. The molecule has 130 valence electrons. The van der Waals surface area contributed by atoms with Crippen LogP contribution in [0.4, 0.5) is 0 Å². The molecule has 0 unspecified atom stereocenters. The first-order valence-electron chi connectivity index (χ1n) is 8.73. The molecule has 0 fully saturated rings. The summed E-state index contributed by atoms with van der Waals surface area (Å²) in [6.45, 7) is 4.37. The van der Waals surface area contributed by atoms with Crippen molar-refractivity contribution in [3.8, 4) is 0 Å². The predicted octanol–water partition coefficient (Wildman–Crippen LogP) is 2.87. The van der Waals surface area contributed by atoms with Crippen molar-refractivity contribution in [1.82, 2.24) is 20.4 Å². The molecule has 0 amide bonds. The van der Waals surface area contributed by atoms with Crippen LogP contribution in [-0.2, 0) is 20.0 Å². The van der Waals surface area contributed by atoms with E-state index in [4.69, 9.17) is 0 Å². The van der Waals surface area contributed by atoms with Crippen molar-refractivity contribution in [3.63, 3.8) is 0 Å². The van der Waals surface area contributed by atoms with Crippen LogP contribution in [0.1, 0.15) is 18.2 Å². The second kappa shape index (κ2) is 8.33. The van der Waals surface area contributed by atoms with Gasteiger partial charge in [0.15, 0.2) is 5.96 Å². The Morgan fingerprint density at radius 1 is 1.08 bits per heavy atom. The molecule has 2 N–H and O–H groups in total. The molecule has 3 rings (SSSR count). The van der Waals surface area contributed by atoms with E-state index in [1.54, 1.807) is 6.20 Å². The number of aliphatic imine (C=N–C) groups is 1. The van der Waals surface area contributed by atoms with Gasteiger partial charge in [-0.05, 0) is 35.7 Å². The Morgan fingerprint density at radius 2 is 1.92 bits per heavy atom. The minimum Gasteiger partial charge on any atom is -0.357 e. The first-order chi connectivity index (χ1) is 12.3. The third-order valence-electron chi connectivity index (χ3n) is 4.19. The maximum Gasteiger partial charge on any atom is 0.191 e. The minimum absolute atomic E-state index is 0.613. The van der Waals surface area contributed by atoms with Gasteiger partial charge in [-0.1, -0.05) is 42.5 Å². The maximum atomic E-state index is 4.63. The Balaban J connectivity index is 1.58. The van der Waals surface area contributed by atoms with Crippen molar-refractivity contribution in [1.29, 1.82) is 0 Å². The number of aryl methyl sites for hydroxylation is 1. The van der Waals surface area contributed by atoms with E-state index in [-0.39, 0.29) is 0 Å². The zero-order valence-corrected chi connectivity index (χ0v) is 14.9. The summed E-state index contributed by atoms with van der Waals surface area (Å²) in [5.74, 6) is 0.837. The van der Waals surface area contributed by atoms with Crippen LogP contribution in [0, 0.1) is 0 Å². The largest absolute Gasteiger partial charge is 0.357 e. The molecule has 1 heterocycles. The van der Waals surface area contributed by atoms with Crippen LogP contribution >= 0.6 is 0 Å². The third-order valence-corrected chi connectivity index (χ3v) is 4.19. The van der Waals surface area contributed by atoms with Gasteiger partial charge in [-0.15, -0.1) is 0 Å². The number of benzene rings is 2. The van der Waals surface area contributed by atoms with Crippen LogP contribution in [-0.4, -0.2) is 28.8 Å². The van der Waals surface area contributed by atoms with E-state index >= 15 is 0 Å². The molecule has 2 aromatic carbocycles. The van der Waals surface area contributed by atoms with E-state index in [9.17, 15) is 0 Å². The lowest BCUT2D eigenvalue weighted by atomic mass is 10.1. The lowest BCUT2D eigenvalue weighted by molar-refractivity contribution is 0.707. The number of hydrogen-bond donors (Lipinski definition) is 2. The molecule has 0 bridgehead atoms.